The first-order valence-corrected chi connectivity index (χ1v) is 7.08. The van der Waals surface area contributed by atoms with Crippen molar-refractivity contribution >= 4 is 11.8 Å². The smallest absolute Gasteiger partial charge is 0.348 e. The second-order valence-corrected chi connectivity index (χ2v) is 3.80. The van der Waals surface area contributed by atoms with Crippen molar-refractivity contribution in [3.63, 3.8) is 0 Å². The van der Waals surface area contributed by atoms with Crippen molar-refractivity contribution in [3.05, 3.63) is 18.2 Å². The highest BCUT2D eigenvalue weighted by molar-refractivity contribution is 6.00. The lowest BCUT2D eigenvalue weighted by molar-refractivity contribution is -0.152. The van der Waals surface area contributed by atoms with Crippen molar-refractivity contribution < 1.29 is 33.3 Å². The third-order valence-electron chi connectivity index (χ3n) is 2.19. The molecule has 1 unspecified atom stereocenters. The molecular weight excluding hydrogens is 307 g/mol. The number of carbonyl (C=O) groups is 2. The molecule has 0 aliphatic carbocycles. The zero-order valence-corrected chi connectivity index (χ0v) is 14.4. The van der Waals surface area contributed by atoms with Gasteiger partial charge in [0.15, 0.2) is 5.78 Å². The van der Waals surface area contributed by atoms with Gasteiger partial charge in [-0.25, -0.2) is 9.18 Å². The maximum absolute atomic E-state index is 12.3. The molecule has 0 aliphatic heterocycles. The number of phenolic OH excluding ortho intramolecular Hbond substituents is 1. The quantitative estimate of drug-likeness (QED) is 0.659. The molecule has 0 bridgehead atoms. The Bertz CT molecular complexity index is 453. The zero-order chi connectivity index (χ0) is 18.4. The maximum Gasteiger partial charge on any atom is 0.348 e. The molecule has 6 nitrogen and oxygen atoms in total. The Hall–Kier alpha value is -2.31. The normalized spacial score (nSPS) is 10.0. The maximum atomic E-state index is 12.3. The van der Waals surface area contributed by atoms with Crippen LogP contribution in [0.4, 0.5) is 4.39 Å². The van der Waals surface area contributed by atoms with E-state index >= 15 is 0 Å². The third-order valence-corrected chi connectivity index (χ3v) is 2.19. The van der Waals surface area contributed by atoms with Crippen molar-refractivity contribution in [1.29, 1.82) is 0 Å². The lowest BCUT2D eigenvalue weighted by Gasteiger charge is -2.03. The monoisotopic (exact) mass is 332 g/mol. The minimum absolute atomic E-state index is 0.0898. The number of hydrogen-bond donors (Lipinski definition) is 1. The van der Waals surface area contributed by atoms with Gasteiger partial charge in [0.25, 0.3) is 6.17 Å². The molecule has 7 heteroatoms. The molecular formula is C16H25FO6. The Morgan fingerprint density at radius 3 is 1.87 bits per heavy atom. The van der Waals surface area contributed by atoms with Gasteiger partial charge in [0.05, 0.1) is 20.8 Å². The molecule has 1 aromatic carbocycles. The van der Waals surface area contributed by atoms with E-state index in [9.17, 15) is 14.0 Å². The van der Waals surface area contributed by atoms with Crippen LogP contribution in [0.25, 0.3) is 0 Å². The standard InChI is InChI=1S/C8H10O3.C6H9FO3.C2H6/c1-10-7-3-6(9)4-8(5-7)11-2;1-3-10-6(9)5(7)4(2)8;1-2/h3-5,9H,1-2H3;5H,3H2,1-2H3;1-2H3. The number of halogens is 1. The predicted octanol–water partition coefficient (Wildman–Crippen LogP) is 2.91. The van der Waals surface area contributed by atoms with Crippen LogP contribution in [-0.4, -0.2) is 43.9 Å². The lowest BCUT2D eigenvalue weighted by Crippen LogP contribution is -2.25. The van der Waals surface area contributed by atoms with Crippen molar-refractivity contribution in [2.45, 2.75) is 33.9 Å². The Labute approximate surface area is 136 Å². The summed E-state index contributed by atoms with van der Waals surface area (Å²) in [4.78, 5) is 20.6. The van der Waals surface area contributed by atoms with Gasteiger partial charge < -0.3 is 19.3 Å². The van der Waals surface area contributed by atoms with Crippen LogP contribution >= 0.6 is 0 Å². The van der Waals surface area contributed by atoms with Crippen LogP contribution in [0.15, 0.2) is 18.2 Å². The van der Waals surface area contributed by atoms with E-state index in [0.29, 0.717) is 11.5 Å². The Kier molecular flexibility index (Phi) is 13.3. The summed E-state index contributed by atoms with van der Waals surface area (Å²) < 4.78 is 26.3. The number of ether oxygens (including phenoxy) is 3. The number of aromatic hydroxyl groups is 1. The summed E-state index contributed by atoms with van der Waals surface area (Å²) in [5.74, 6) is -0.613. The highest BCUT2D eigenvalue weighted by atomic mass is 19.1. The average molecular weight is 332 g/mol. The number of ketones is 1. The average Bonchev–Trinajstić information content (AvgIpc) is 2.55. The Morgan fingerprint density at radius 1 is 1.13 bits per heavy atom. The summed E-state index contributed by atoms with van der Waals surface area (Å²) in [6.45, 7) is 6.64. The van der Waals surface area contributed by atoms with E-state index in [-0.39, 0.29) is 12.4 Å². The van der Waals surface area contributed by atoms with E-state index < -0.39 is 17.9 Å². The first-order chi connectivity index (χ1) is 10.8. The van der Waals surface area contributed by atoms with Gasteiger partial charge in [-0.05, 0) is 13.8 Å². The van der Waals surface area contributed by atoms with Gasteiger partial charge in [0.1, 0.15) is 17.2 Å². The van der Waals surface area contributed by atoms with Crippen molar-refractivity contribution in [1.82, 2.24) is 0 Å². The van der Waals surface area contributed by atoms with Crippen LogP contribution in [0.3, 0.4) is 0 Å². The number of phenols is 1. The van der Waals surface area contributed by atoms with E-state index in [1.54, 1.807) is 13.0 Å². The van der Waals surface area contributed by atoms with Crippen molar-refractivity contribution in [2.75, 3.05) is 20.8 Å². The van der Waals surface area contributed by atoms with Gasteiger partial charge in [-0.3, -0.25) is 4.79 Å². The van der Waals surface area contributed by atoms with E-state index in [0.717, 1.165) is 6.92 Å². The summed E-state index contributed by atoms with van der Waals surface area (Å²) in [6.07, 6.45) is -2.11. The predicted molar refractivity (Wildman–Crippen MR) is 84.8 cm³/mol. The molecule has 0 fully saturated rings. The highest BCUT2D eigenvalue weighted by Gasteiger charge is 2.22. The fourth-order valence-electron chi connectivity index (χ4n) is 1.17. The minimum atomic E-state index is -2.11. The second kappa shape index (κ2) is 13.4. The van der Waals surface area contributed by atoms with Crippen LogP contribution in [-0.2, 0) is 14.3 Å². The molecule has 132 valence electrons. The Balaban J connectivity index is 0. The van der Waals surface area contributed by atoms with Gasteiger partial charge in [0.2, 0.25) is 0 Å². The SMILES string of the molecule is CC.CCOC(=O)C(F)C(C)=O.COc1cc(O)cc(OC)c1. The fourth-order valence-corrected chi connectivity index (χ4v) is 1.17. The highest BCUT2D eigenvalue weighted by Crippen LogP contribution is 2.25. The first kappa shape index (κ1) is 23.0. The van der Waals surface area contributed by atoms with Gasteiger partial charge in [0, 0.05) is 18.2 Å². The first-order valence-electron chi connectivity index (χ1n) is 7.08. The van der Waals surface area contributed by atoms with Crippen molar-refractivity contribution in [2.24, 2.45) is 0 Å². The number of carbonyl (C=O) groups excluding carboxylic acids is 2. The van der Waals surface area contributed by atoms with Crippen LogP contribution in [0.5, 0.6) is 17.2 Å². The number of benzene rings is 1. The number of hydrogen-bond acceptors (Lipinski definition) is 6. The van der Waals surface area contributed by atoms with Gasteiger partial charge >= 0.3 is 5.97 Å². The van der Waals surface area contributed by atoms with Crippen LogP contribution < -0.4 is 9.47 Å². The van der Waals surface area contributed by atoms with E-state index in [1.165, 1.54) is 26.4 Å². The molecule has 1 N–H and O–H groups in total. The molecule has 0 saturated carbocycles. The van der Waals surface area contributed by atoms with E-state index in [1.807, 2.05) is 13.8 Å². The van der Waals surface area contributed by atoms with E-state index in [2.05, 4.69) is 4.74 Å². The van der Waals surface area contributed by atoms with Gasteiger partial charge in [-0.1, -0.05) is 13.8 Å². The molecule has 0 spiro atoms. The summed E-state index contributed by atoms with van der Waals surface area (Å²) in [7, 11) is 3.07. The summed E-state index contributed by atoms with van der Waals surface area (Å²) in [5.41, 5.74) is 0. The summed E-state index contributed by atoms with van der Waals surface area (Å²) in [6, 6.07) is 4.73. The topological polar surface area (TPSA) is 82.1 Å². The summed E-state index contributed by atoms with van der Waals surface area (Å²) in [5, 5.41) is 9.10. The lowest BCUT2D eigenvalue weighted by atomic mass is 10.3. The van der Waals surface area contributed by atoms with Crippen LogP contribution in [0.2, 0.25) is 0 Å². The molecule has 0 saturated heterocycles. The molecule has 0 radical (unpaired) electrons. The molecule has 0 heterocycles. The number of esters is 1. The number of methoxy groups -OCH3 is 2. The minimum Gasteiger partial charge on any atom is -0.508 e. The van der Waals surface area contributed by atoms with Gasteiger partial charge in [-0.2, -0.15) is 0 Å². The molecule has 0 aromatic heterocycles. The third kappa shape index (κ3) is 10.1. The molecule has 1 atom stereocenters. The summed E-state index contributed by atoms with van der Waals surface area (Å²) >= 11 is 0. The Morgan fingerprint density at radius 2 is 1.57 bits per heavy atom. The zero-order valence-electron chi connectivity index (χ0n) is 14.4. The number of alkyl halides is 1. The second-order valence-electron chi connectivity index (χ2n) is 3.80. The number of rotatable bonds is 5. The molecule has 1 rings (SSSR count). The fraction of sp³-hybridized carbons (Fsp3) is 0.500. The van der Waals surface area contributed by atoms with Gasteiger partial charge in [-0.15, -0.1) is 0 Å². The largest absolute Gasteiger partial charge is 0.508 e. The number of Topliss-reactive ketones (excluding diaryl/α,β-unsaturated/α-hetero) is 1. The molecule has 0 amide bonds. The van der Waals surface area contributed by atoms with Crippen LogP contribution in [0.1, 0.15) is 27.7 Å². The van der Waals surface area contributed by atoms with Crippen molar-refractivity contribution in [3.8, 4) is 17.2 Å². The van der Waals surface area contributed by atoms with Crippen LogP contribution in [0, 0.1) is 0 Å². The molecule has 23 heavy (non-hydrogen) atoms. The molecule has 0 aliphatic rings. The van der Waals surface area contributed by atoms with E-state index in [4.69, 9.17) is 14.6 Å². The molecule has 1 aromatic rings.